The first kappa shape index (κ1) is 78.1. The van der Waals surface area contributed by atoms with E-state index in [9.17, 15) is 0 Å². The van der Waals surface area contributed by atoms with Crippen molar-refractivity contribution < 1.29 is 239 Å². The van der Waals surface area contributed by atoms with Crippen molar-refractivity contribution in [3.05, 3.63) is 0 Å². The van der Waals surface area contributed by atoms with Crippen LogP contribution in [0.25, 0.3) is 0 Å². The molecule has 0 aromatic heterocycles. The molecule has 33 nitrogen and oxygen atoms in total. The van der Waals surface area contributed by atoms with E-state index in [1.807, 2.05) is 0 Å². The molecule has 0 fully saturated rings. The molecule has 40 heavy (non-hydrogen) atoms. The average molecular weight is 1210 g/mol. The molecule has 0 atom stereocenters. The summed E-state index contributed by atoms with van der Waals surface area (Å²) in [7, 11) is 0. The summed E-state index contributed by atoms with van der Waals surface area (Å²) in [6, 6.07) is 0. The van der Waals surface area contributed by atoms with E-state index in [1.54, 1.807) is 0 Å². The zero-order chi connectivity index (χ0) is 31.5. The van der Waals surface area contributed by atoms with Gasteiger partial charge in [-0.05, 0) is 0 Å². The maximum atomic E-state index is 8.63. The Morgan fingerprint density at radius 2 is 0.200 bits per heavy atom. The molecule has 0 aliphatic carbocycles. The molecule has 264 valence electrons. The van der Waals surface area contributed by atoms with E-state index in [0.29, 0.717) is 0 Å². The average Bonchev–Trinajstić information content (AvgIpc) is 2.06. The van der Waals surface area contributed by atoms with Gasteiger partial charge in [0.15, 0.2) is 0 Å². The fourth-order valence-electron chi connectivity index (χ4n) is 0. The zero-order valence-corrected chi connectivity index (χ0v) is 31.3. The summed E-state index contributed by atoms with van der Waals surface area (Å²) in [5, 5.41) is 0. The van der Waals surface area contributed by atoms with Crippen LogP contribution in [-0.2, 0) is 165 Å². The monoisotopic (exact) mass is 1220 g/mol. The van der Waals surface area contributed by atoms with Gasteiger partial charge in [0, 0.05) is 0 Å². The van der Waals surface area contributed by atoms with E-state index < -0.39 is 117 Å². The quantitative estimate of drug-likeness (QED) is 0.220. The second-order valence-electron chi connectivity index (χ2n) is 2.86. The van der Waals surface area contributed by atoms with Crippen molar-refractivity contribution in [2.24, 2.45) is 0 Å². The van der Waals surface area contributed by atoms with Crippen LogP contribution in [0.3, 0.4) is 0 Å². The van der Waals surface area contributed by atoms with Crippen LogP contribution in [0.4, 0.5) is 0 Å². The van der Waals surface area contributed by atoms with Gasteiger partial charge in [0.2, 0.25) is 0 Å². The van der Waals surface area contributed by atoms with E-state index in [1.165, 1.54) is 0 Å². The standard InChI is InChI=1S/7Mo.H3N.4H2O.28O/h;;;;;;;1H3;4*1H2;;;;;;;;;;;;;;;;;;;;;;;;;;;;/q;;;;;;;;;;;;;;;;;;;;;;;;;;14*-1/p+1. The molecule has 0 aromatic carbocycles. The van der Waals surface area contributed by atoms with Crippen LogP contribution in [0, 0.1) is 0 Å². The van der Waals surface area contributed by atoms with Crippen molar-refractivity contribution >= 4 is 0 Å². The third-order valence-electron chi connectivity index (χ3n) is 0. The molecule has 12 N–H and O–H groups in total. The fraction of sp³-hybridized carbons (Fsp3) is 0. The van der Waals surface area contributed by atoms with E-state index in [0.717, 1.165) is 0 Å². The van der Waals surface area contributed by atoms with Crippen LogP contribution in [0.2, 0.25) is 0 Å². The number of quaternary nitrogens is 1. The Morgan fingerprint density at radius 3 is 0.200 bits per heavy atom. The Kier molecular flexibility index (Phi) is 64.8. The van der Waals surface area contributed by atoms with Crippen LogP contribution < -0.4 is 58.8 Å². The topological polar surface area (TPSA) is 724 Å². The number of hydrogen-bond donors (Lipinski definition) is 1. The van der Waals surface area contributed by atoms with Crippen molar-refractivity contribution in [2.45, 2.75) is 0 Å². The number of rotatable bonds is 0. The predicted octanol–water partition coefficient (Wildman–Crippen LogP) is -21.2. The zero-order valence-electron chi connectivity index (χ0n) is 17.3. The van der Waals surface area contributed by atoms with Gasteiger partial charge in [-0.3, -0.25) is 0 Å². The molecular weight excluding hydrogens is 1200 g/mol. The van der Waals surface area contributed by atoms with Gasteiger partial charge >= 0.3 is 217 Å². The first-order chi connectivity index (χ1) is 14.0. The molecule has 0 aromatic rings. The van der Waals surface area contributed by atoms with Crippen LogP contribution in [0.15, 0.2) is 0 Å². The second kappa shape index (κ2) is 33.2. The summed E-state index contributed by atoms with van der Waals surface area (Å²) in [5.74, 6) is 0. The van der Waals surface area contributed by atoms with Crippen molar-refractivity contribution in [2.75, 3.05) is 0 Å². The summed E-state index contributed by atoms with van der Waals surface area (Å²) < 4.78 is 242. The van der Waals surface area contributed by atoms with E-state index >= 15 is 0 Å². The summed E-state index contributed by atoms with van der Waals surface area (Å²) in [6.45, 7) is 0. The second-order valence-corrected chi connectivity index (χ2v) is 16.9. The fourth-order valence-corrected chi connectivity index (χ4v) is 0. The first-order valence-electron chi connectivity index (χ1n) is 4.67. The van der Waals surface area contributed by atoms with Gasteiger partial charge in [-0.1, -0.05) is 0 Å². The molecule has 0 aliphatic rings. The normalized spacial score (nSPS) is 10.2. The van der Waals surface area contributed by atoms with Gasteiger partial charge < -0.3 is 28.1 Å². The predicted molar refractivity (Wildman–Crippen MR) is 30.1 cm³/mol. The van der Waals surface area contributed by atoms with Crippen molar-refractivity contribution in [1.29, 1.82) is 0 Å². The Morgan fingerprint density at radius 1 is 0.200 bits per heavy atom. The molecule has 0 rings (SSSR count). The van der Waals surface area contributed by atoms with E-state index in [4.69, 9.17) is 100 Å². The third-order valence-corrected chi connectivity index (χ3v) is 0. The molecule has 0 heterocycles. The summed E-state index contributed by atoms with van der Waals surface area (Å²) in [5.41, 5.74) is 0. The van der Waals surface area contributed by atoms with Gasteiger partial charge in [0.1, 0.15) is 0 Å². The number of hydrogen-bond acceptors (Lipinski definition) is 28. The Balaban J connectivity index is -0.0000000224. The van der Waals surface area contributed by atoms with Gasteiger partial charge in [-0.2, -0.15) is 0 Å². The Labute approximate surface area is 242 Å². The Hall–Kier alpha value is 1.26. The molecule has 0 bridgehead atoms. The molecule has 0 amide bonds. The summed E-state index contributed by atoms with van der Waals surface area (Å²) >= 11 is -42.1. The Bertz CT molecular complexity index is 910. The molecule has 0 unspecified atom stereocenters. The van der Waals surface area contributed by atoms with Crippen LogP contribution >= 0.6 is 0 Å². The van der Waals surface area contributed by atoms with Crippen molar-refractivity contribution in [1.82, 2.24) is 6.15 Å². The van der Waals surface area contributed by atoms with Crippen molar-refractivity contribution in [3.8, 4) is 0 Å². The molecule has 0 saturated carbocycles. The molecule has 0 spiro atoms. The minimum absolute atomic E-state index is 0. The SMILES string of the molecule is O.O.O.O.[NH4+].[O]=[Mo](=[O])([O-])[O-].[O]=[Mo](=[O])([O-])[O-].[O]=[Mo](=[O])([O-])[O-].[O]=[Mo](=[O])([O-])[O-].[O]=[Mo](=[O])([O-])[O-].[O]=[Mo](=[O])([O-])[O-].[O]=[Mo](=[O])([O-])[O-]. The first-order valence-corrected chi connectivity index (χ1v) is 27.6. The van der Waals surface area contributed by atoms with Gasteiger partial charge in [-0.25, -0.2) is 0 Å². The van der Waals surface area contributed by atoms with E-state index in [-0.39, 0.29) is 28.1 Å². The molecule has 0 saturated heterocycles. The van der Waals surface area contributed by atoms with E-state index in [2.05, 4.69) is 0 Å². The molecular formula is H12Mo7NO32-13. The minimum atomic E-state index is -6.02. The molecule has 0 aliphatic heterocycles. The van der Waals surface area contributed by atoms with Gasteiger partial charge in [-0.15, -0.1) is 0 Å². The van der Waals surface area contributed by atoms with Gasteiger partial charge in [0.05, 0.1) is 0 Å². The maximum absolute atomic E-state index is 8.63. The summed E-state index contributed by atoms with van der Waals surface area (Å²) in [4.78, 5) is 0. The molecule has 40 heteroatoms. The van der Waals surface area contributed by atoms with Crippen LogP contribution in [0.5, 0.6) is 0 Å². The third kappa shape index (κ3) is 36300. The summed E-state index contributed by atoms with van der Waals surface area (Å²) in [6.07, 6.45) is 0. The van der Waals surface area contributed by atoms with Crippen molar-refractivity contribution in [3.63, 3.8) is 0 Å². The van der Waals surface area contributed by atoms with Crippen LogP contribution in [0.1, 0.15) is 0 Å². The molecule has 0 radical (unpaired) electrons. The van der Waals surface area contributed by atoms with Crippen LogP contribution in [-0.4, -0.2) is 21.9 Å². The van der Waals surface area contributed by atoms with Gasteiger partial charge in [0.25, 0.3) is 0 Å².